The minimum Gasteiger partial charge on any atom is -0.396 e. The van der Waals surface area contributed by atoms with Gasteiger partial charge < -0.3 is 10.1 Å². The van der Waals surface area contributed by atoms with Crippen molar-refractivity contribution in [3.63, 3.8) is 0 Å². The first-order chi connectivity index (χ1) is 10.8. The predicted molar refractivity (Wildman–Crippen MR) is 89.9 cm³/mol. The van der Waals surface area contributed by atoms with Crippen molar-refractivity contribution < 1.29 is 5.11 Å². The minimum atomic E-state index is 0.327. The lowest BCUT2D eigenvalue weighted by Crippen LogP contribution is -2.46. The van der Waals surface area contributed by atoms with Crippen molar-refractivity contribution >= 4 is 10.9 Å². The maximum Gasteiger partial charge on any atom is 0.0504 e. The van der Waals surface area contributed by atoms with Crippen molar-refractivity contribution in [3.05, 3.63) is 35.5 Å². The SMILES string of the molecule is CC[C@@H]1CN2CCc3c([nH]c4ccccc34)[C@H]2C[C@@H]1CCO. The second kappa shape index (κ2) is 5.71. The van der Waals surface area contributed by atoms with Gasteiger partial charge in [0, 0.05) is 36.3 Å². The number of piperidine rings is 1. The summed E-state index contributed by atoms with van der Waals surface area (Å²) in [5.41, 5.74) is 4.27. The number of nitrogens with zero attached hydrogens (tertiary/aromatic N) is 1. The van der Waals surface area contributed by atoms with Crippen LogP contribution in [0.3, 0.4) is 0 Å². The third-order valence-corrected chi connectivity index (χ3v) is 5.96. The first-order valence-corrected chi connectivity index (χ1v) is 8.76. The fourth-order valence-corrected chi connectivity index (χ4v) is 4.77. The number of aromatic amines is 1. The van der Waals surface area contributed by atoms with E-state index in [0.717, 1.165) is 18.8 Å². The van der Waals surface area contributed by atoms with Crippen LogP contribution in [0.2, 0.25) is 0 Å². The van der Waals surface area contributed by atoms with Gasteiger partial charge in [-0.2, -0.15) is 0 Å². The molecule has 118 valence electrons. The number of nitrogens with one attached hydrogen (secondary N) is 1. The smallest absolute Gasteiger partial charge is 0.0504 e. The van der Waals surface area contributed by atoms with Crippen LogP contribution in [0.1, 0.15) is 43.5 Å². The Labute approximate surface area is 132 Å². The molecule has 0 spiro atoms. The Morgan fingerprint density at radius 1 is 1.27 bits per heavy atom. The summed E-state index contributed by atoms with van der Waals surface area (Å²) in [4.78, 5) is 6.39. The van der Waals surface area contributed by atoms with E-state index in [2.05, 4.69) is 41.1 Å². The summed E-state index contributed by atoms with van der Waals surface area (Å²) in [6, 6.07) is 9.23. The second-order valence-electron chi connectivity index (χ2n) is 7.00. The van der Waals surface area contributed by atoms with Gasteiger partial charge in [-0.15, -0.1) is 0 Å². The van der Waals surface area contributed by atoms with E-state index in [4.69, 9.17) is 0 Å². The third-order valence-electron chi connectivity index (χ3n) is 5.96. The molecule has 3 heteroatoms. The van der Waals surface area contributed by atoms with E-state index in [9.17, 15) is 5.11 Å². The molecule has 0 amide bonds. The largest absolute Gasteiger partial charge is 0.396 e. The van der Waals surface area contributed by atoms with E-state index >= 15 is 0 Å². The summed E-state index contributed by atoms with van der Waals surface area (Å²) >= 11 is 0. The number of aliphatic hydroxyl groups excluding tert-OH is 1. The molecule has 2 N–H and O–H groups in total. The number of para-hydroxylation sites is 1. The van der Waals surface area contributed by atoms with E-state index in [1.54, 1.807) is 0 Å². The first kappa shape index (κ1) is 14.3. The number of H-pyrrole nitrogens is 1. The maximum absolute atomic E-state index is 9.42. The molecule has 1 aromatic carbocycles. The average molecular weight is 298 g/mol. The van der Waals surface area contributed by atoms with Crippen molar-refractivity contribution in [3.8, 4) is 0 Å². The van der Waals surface area contributed by atoms with Crippen LogP contribution in [0.4, 0.5) is 0 Å². The van der Waals surface area contributed by atoms with Gasteiger partial charge in [-0.1, -0.05) is 31.5 Å². The second-order valence-corrected chi connectivity index (χ2v) is 7.00. The van der Waals surface area contributed by atoms with Gasteiger partial charge in [-0.25, -0.2) is 0 Å². The Morgan fingerprint density at radius 2 is 2.14 bits per heavy atom. The highest BCUT2D eigenvalue weighted by Crippen LogP contribution is 2.44. The average Bonchev–Trinajstić information content (AvgIpc) is 2.93. The zero-order valence-electron chi connectivity index (χ0n) is 13.4. The Kier molecular flexibility index (Phi) is 3.71. The van der Waals surface area contributed by atoms with E-state index < -0.39 is 0 Å². The minimum absolute atomic E-state index is 0.327. The molecule has 1 saturated heterocycles. The van der Waals surface area contributed by atoms with Gasteiger partial charge in [-0.3, -0.25) is 4.90 Å². The number of benzene rings is 1. The van der Waals surface area contributed by atoms with Crippen molar-refractivity contribution in [2.45, 2.75) is 38.6 Å². The van der Waals surface area contributed by atoms with Crippen molar-refractivity contribution in [2.24, 2.45) is 11.8 Å². The molecular formula is C19H26N2O. The van der Waals surface area contributed by atoms with Crippen LogP contribution in [0.25, 0.3) is 10.9 Å². The lowest BCUT2D eigenvalue weighted by molar-refractivity contribution is 0.0396. The van der Waals surface area contributed by atoms with Gasteiger partial charge in [0.2, 0.25) is 0 Å². The monoisotopic (exact) mass is 298 g/mol. The number of hydrogen-bond donors (Lipinski definition) is 2. The van der Waals surface area contributed by atoms with Crippen molar-refractivity contribution in [2.75, 3.05) is 19.7 Å². The highest BCUT2D eigenvalue weighted by atomic mass is 16.3. The number of hydrogen-bond acceptors (Lipinski definition) is 2. The van der Waals surface area contributed by atoms with E-state index in [1.165, 1.54) is 48.1 Å². The molecule has 2 aromatic rings. The zero-order valence-corrected chi connectivity index (χ0v) is 13.4. The Bertz CT molecular complexity index is 662. The molecule has 3 heterocycles. The molecule has 4 rings (SSSR count). The van der Waals surface area contributed by atoms with Crippen LogP contribution >= 0.6 is 0 Å². The van der Waals surface area contributed by atoms with Crippen LogP contribution in [0.15, 0.2) is 24.3 Å². The first-order valence-electron chi connectivity index (χ1n) is 8.76. The summed E-state index contributed by atoms with van der Waals surface area (Å²) in [5, 5.41) is 10.8. The number of rotatable bonds is 3. The van der Waals surface area contributed by atoms with Crippen LogP contribution in [-0.4, -0.2) is 34.7 Å². The Balaban J connectivity index is 1.71. The maximum atomic E-state index is 9.42. The molecule has 22 heavy (non-hydrogen) atoms. The Hall–Kier alpha value is -1.32. The highest BCUT2D eigenvalue weighted by molar-refractivity contribution is 5.85. The van der Waals surface area contributed by atoms with Crippen molar-refractivity contribution in [1.82, 2.24) is 9.88 Å². The molecule has 0 bridgehead atoms. The van der Waals surface area contributed by atoms with E-state index in [0.29, 0.717) is 18.6 Å². The van der Waals surface area contributed by atoms with Crippen LogP contribution < -0.4 is 0 Å². The molecule has 0 saturated carbocycles. The lowest BCUT2D eigenvalue weighted by Gasteiger charge is -2.46. The molecule has 0 aliphatic carbocycles. The molecule has 1 fully saturated rings. The summed E-state index contributed by atoms with van der Waals surface area (Å²) in [5.74, 6) is 1.41. The summed E-state index contributed by atoms with van der Waals surface area (Å²) in [6.07, 6.45) is 4.54. The lowest BCUT2D eigenvalue weighted by atomic mass is 9.76. The standard InChI is InChI=1S/C19H26N2O/c1-2-13-12-21-9-7-16-15-5-3-4-6-17(15)20-19(16)18(21)11-14(13)8-10-22/h3-6,13-14,18,20,22H,2,7-12H2,1H3/t13-,14+,18-/m1/s1. The quantitative estimate of drug-likeness (QED) is 0.910. The van der Waals surface area contributed by atoms with E-state index in [1.807, 2.05) is 0 Å². The van der Waals surface area contributed by atoms with Crippen LogP contribution in [-0.2, 0) is 6.42 Å². The molecule has 2 aliphatic rings. The van der Waals surface area contributed by atoms with Gasteiger partial charge in [0.05, 0.1) is 6.04 Å². The molecule has 3 atom stereocenters. The molecular weight excluding hydrogens is 272 g/mol. The Morgan fingerprint density at radius 3 is 2.95 bits per heavy atom. The summed E-state index contributed by atoms with van der Waals surface area (Å²) < 4.78 is 0. The number of fused-ring (bicyclic) bond motifs is 5. The fraction of sp³-hybridized carbons (Fsp3) is 0.579. The van der Waals surface area contributed by atoms with Gasteiger partial charge in [0.1, 0.15) is 0 Å². The van der Waals surface area contributed by atoms with Gasteiger partial charge in [0.15, 0.2) is 0 Å². The topological polar surface area (TPSA) is 39.3 Å². The summed E-state index contributed by atoms with van der Waals surface area (Å²) in [7, 11) is 0. The van der Waals surface area contributed by atoms with Crippen LogP contribution in [0.5, 0.6) is 0 Å². The van der Waals surface area contributed by atoms with E-state index in [-0.39, 0.29) is 0 Å². The number of aromatic nitrogens is 1. The molecule has 3 nitrogen and oxygen atoms in total. The zero-order chi connectivity index (χ0) is 15.1. The third kappa shape index (κ3) is 2.19. The van der Waals surface area contributed by atoms with Gasteiger partial charge in [0.25, 0.3) is 0 Å². The van der Waals surface area contributed by atoms with Crippen molar-refractivity contribution in [1.29, 1.82) is 0 Å². The highest BCUT2D eigenvalue weighted by Gasteiger charge is 2.39. The predicted octanol–water partition coefficient (Wildman–Crippen LogP) is 3.50. The summed E-state index contributed by atoms with van der Waals surface area (Å²) in [6.45, 7) is 5.00. The van der Waals surface area contributed by atoms with Gasteiger partial charge >= 0.3 is 0 Å². The molecule has 0 radical (unpaired) electrons. The molecule has 0 unspecified atom stereocenters. The molecule has 1 aromatic heterocycles. The number of aliphatic hydroxyl groups is 1. The molecule has 2 aliphatic heterocycles. The fourth-order valence-electron chi connectivity index (χ4n) is 4.77. The normalized spacial score (nSPS) is 28.5. The van der Waals surface area contributed by atoms with Crippen LogP contribution in [0, 0.1) is 11.8 Å². The van der Waals surface area contributed by atoms with Gasteiger partial charge in [-0.05, 0) is 42.7 Å².